The van der Waals surface area contributed by atoms with Crippen LogP contribution in [0.15, 0.2) is 118 Å². The van der Waals surface area contributed by atoms with Crippen molar-refractivity contribution in [2.45, 2.75) is 25.4 Å². The lowest BCUT2D eigenvalue weighted by Gasteiger charge is -2.22. The van der Waals surface area contributed by atoms with Crippen molar-refractivity contribution in [3.63, 3.8) is 0 Å². The van der Waals surface area contributed by atoms with Crippen molar-refractivity contribution in [2.24, 2.45) is 7.05 Å². The maximum atomic E-state index is 13.9. The number of hydrogen-bond acceptors (Lipinski definition) is 5. The normalized spacial score (nSPS) is 11.5. The minimum absolute atomic E-state index is 0.00980. The molecular weight excluding hydrogens is 637 g/mol. The van der Waals surface area contributed by atoms with Gasteiger partial charge in [-0.25, -0.2) is 9.37 Å². The average molecular weight is 669 g/mol. The minimum Gasteiger partial charge on any atom is -0.481 e. The zero-order valence-electron chi connectivity index (χ0n) is 24.6. The van der Waals surface area contributed by atoms with E-state index in [4.69, 9.17) is 9.72 Å². The molecule has 9 heteroatoms. The van der Waals surface area contributed by atoms with Crippen LogP contribution in [0.1, 0.15) is 44.5 Å². The van der Waals surface area contributed by atoms with E-state index in [-0.39, 0.29) is 42.7 Å². The zero-order chi connectivity index (χ0) is 31.8. The van der Waals surface area contributed by atoms with Gasteiger partial charge in [0.05, 0.1) is 6.54 Å². The summed E-state index contributed by atoms with van der Waals surface area (Å²) < 4.78 is 21.6. The van der Waals surface area contributed by atoms with E-state index < -0.39 is 17.3 Å². The number of rotatable bonds is 12. The molecule has 5 rings (SSSR count). The fourth-order valence-corrected chi connectivity index (χ4v) is 5.25. The molecule has 0 aliphatic carbocycles. The zero-order valence-corrected chi connectivity index (χ0v) is 26.2. The molecule has 0 spiro atoms. The van der Waals surface area contributed by atoms with Gasteiger partial charge in [0.2, 0.25) is 5.75 Å². The van der Waals surface area contributed by atoms with E-state index in [1.165, 1.54) is 28.8 Å². The third-order valence-electron chi connectivity index (χ3n) is 7.35. The quantitative estimate of drug-likeness (QED) is 0.172. The molecule has 4 aromatic carbocycles. The predicted octanol–water partition coefficient (Wildman–Crippen LogP) is 6.18. The number of aromatic nitrogens is 2. The van der Waals surface area contributed by atoms with E-state index in [9.17, 15) is 18.8 Å². The lowest BCUT2D eigenvalue weighted by Crippen LogP contribution is -2.35. The lowest BCUT2D eigenvalue weighted by molar-refractivity contribution is -0.117. The van der Waals surface area contributed by atoms with Crippen molar-refractivity contribution in [3.05, 3.63) is 164 Å². The van der Waals surface area contributed by atoms with Crippen LogP contribution in [-0.4, -0.2) is 27.8 Å². The summed E-state index contributed by atoms with van der Waals surface area (Å²) in [6.45, 7) is -0.262. The minimum atomic E-state index is -0.710. The molecule has 0 saturated carbocycles. The second kappa shape index (κ2) is 14.7. The van der Waals surface area contributed by atoms with Gasteiger partial charge in [0.15, 0.2) is 11.5 Å². The van der Waals surface area contributed by atoms with Gasteiger partial charge in [-0.2, -0.15) is 0 Å². The van der Waals surface area contributed by atoms with E-state index in [1.54, 1.807) is 7.05 Å². The van der Waals surface area contributed by atoms with Crippen molar-refractivity contribution < 1.29 is 18.7 Å². The molecule has 0 fully saturated rings. The van der Waals surface area contributed by atoms with Crippen LogP contribution in [-0.2, 0) is 31.3 Å². The largest absolute Gasteiger partial charge is 0.481 e. The highest BCUT2D eigenvalue weighted by Crippen LogP contribution is 2.29. The standard InChI is InChI=1S/C36H31BrFN3O4/c1-41-34(31(21-24-8-4-2-5-9-24)27-14-16-28(37)17-15-27)40-32(33(36(41)44)45-23-26-10-6-3-7-11-26)35(43)39-22-30(42)20-25-12-18-29(38)19-13-25/h2-19,31H,20-23H2,1H3,(H,39,43). The highest BCUT2D eigenvalue weighted by molar-refractivity contribution is 9.10. The molecule has 1 amide bonds. The molecule has 45 heavy (non-hydrogen) atoms. The second-order valence-corrected chi connectivity index (χ2v) is 11.5. The fraction of sp³-hybridized carbons (Fsp3) is 0.167. The molecule has 0 saturated heterocycles. The van der Waals surface area contributed by atoms with Crippen LogP contribution >= 0.6 is 15.9 Å². The highest BCUT2D eigenvalue weighted by atomic mass is 79.9. The summed E-state index contributed by atoms with van der Waals surface area (Å²) in [5.74, 6) is -1.61. The van der Waals surface area contributed by atoms with E-state index >= 15 is 0 Å². The molecule has 0 aliphatic heterocycles. The molecule has 1 N–H and O–H groups in total. The first-order valence-corrected chi connectivity index (χ1v) is 15.2. The van der Waals surface area contributed by atoms with Gasteiger partial charge in [0.1, 0.15) is 18.2 Å². The van der Waals surface area contributed by atoms with Crippen molar-refractivity contribution >= 4 is 27.6 Å². The van der Waals surface area contributed by atoms with Gasteiger partial charge in [-0.15, -0.1) is 0 Å². The van der Waals surface area contributed by atoms with E-state index in [0.717, 1.165) is 21.2 Å². The Kier molecular flexibility index (Phi) is 10.3. The van der Waals surface area contributed by atoms with Gasteiger partial charge < -0.3 is 10.1 Å². The molecule has 5 aromatic rings. The summed E-state index contributed by atoms with van der Waals surface area (Å²) in [7, 11) is 1.62. The summed E-state index contributed by atoms with van der Waals surface area (Å²) in [5, 5.41) is 2.62. The number of ketones is 1. The van der Waals surface area contributed by atoms with Crippen molar-refractivity contribution in [3.8, 4) is 5.75 Å². The van der Waals surface area contributed by atoms with Gasteiger partial charge in [0, 0.05) is 23.9 Å². The number of carbonyl (C=O) groups is 2. The summed E-state index contributed by atoms with van der Waals surface area (Å²) in [6.07, 6.45) is 0.528. The molecule has 1 unspecified atom stereocenters. The van der Waals surface area contributed by atoms with Crippen molar-refractivity contribution in [1.82, 2.24) is 14.9 Å². The monoisotopic (exact) mass is 667 g/mol. The number of Topliss-reactive ketones (excluding diaryl/α,β-unsaturated/α-hetero) is 1. The predicted molar refractivity (Wildman–Crippen MR) is 174 cm³/mol. The Balaban J connectivity index is 1.51. The lowest BCUT2D eigenvalue weighted by atomic mass is 9.91. The Morgan fingerprint density at radius 1 is 0.867 bits per heavy atom. The van der Waals surface area contributed by atoms with Crippen LogP contribution in [0.4, 0.5) is 4.39 Å². The van der Waals surface area contributed by atoms with Gasteiger partial charge >= 0.3 is 0 Å². The Labute approximate surface area is 268 Å². The van der Waals surface area contributed by atoms with Crippen molar-refractivity contribution in [1.29, 1.82) is 0 Å². The topological polar surface area (TPSA) is 90.3 Å². The van der Waals surface area contributed by atoms with Crippen LogP contribution in [0.2, 0.25) is 0 Å². The second-order valence-electron chi connectivity index (χ2n) is 10.6. The van der Waals surface area contributed by atoms with E-state index in [1.807, 2.05) is 84.9 Å². The van der Waals surface area contributed by atoms with Crippen LogP contribution in [0, 0.1) is 5.82 Å². The summed E-state index contributed by atoms with van der Waals surface area (Å²) in [5.41, 5.74) is 2.64. The van der Waals surface area contributed by atoms with Gasteiger partial charge in [-0.3, -0.25) is 19.0 Å². The number of ether oxygens (including phenoxy) is 1. The van der Waals surface area contributed by atoms with E-state index in [0.29, 0.717) is 17.8 Å². The van der Waals surface area contributed by atoms with Crippen LogP contribution in [0.3, 0.4) is 0 Å². The summed E-state index contributed by atoms with van der Waals surface area (Å²) >= 11 is 3.49. The first-order chi connectivity index (χ1) is 21.8. The number of carbonyl (C=O) groups excluding carboxylic acids is 2. The number of amides is 1. The molecule has 0 radical (unpaired) electrons. The van der Waals surface area contributed by atoms with Crippen molar-refractivity contribution in [2.75, 3.05) is 6.54 Å². The summed E-state index contributed by atoms with van der Waals surface area (Å²) in [6, 6.07) is 32.5. The average Bonchev–Trinajstić information content (AvgIpc) is 3.06. The van der Waals surface area contributed by atoms with Crippen LogP contribution < -0.4 is 15.6 Å². The SMILES string of the molecule is Cn1c(C(Cc2ccccc2)c2ccc(Br)cc2)nc(C(=O)NCC(=O)Cc2ccc(F)cc2)c(OCc2ccccc2)c1=O. The van der Waals surface area contributed by atoms with Gasteiger partial charge in [-0.1, -0.05) is 101 Å². The third kappa shape index (κ3) is 8.19. The number of nitrogens with one attached hydrogen (secondary N) is 1. The molecule has 0 bridgehead atoms. The first-order valence-electron chi connectivity index (χ1n) is 14.4. The summed E-state index contributed by atoms with van der Waals surface area (Å²) in [4.78, 5) is 45.0. The maximum Gasteiger partial charge on any atom is 0.296 e. The molecule has 228 valence electrons. The Morgan fingerprint density at radius 2 is 1.49 bits per heavy atom. The Hall–Kier alpha value is -4.89. The Bertz CT molecular complexity index is 1830. The smallest absolute Gasteiger partial charge is 0.296 e. The molecule has 1 atom stereocenters. The highest BCUT2D eigenvalue weighted by Gasteiger charge is 2.27. The third-order valence-corrected chi connectivity index (χ3v) is 7.88. The molecule has 0 aliphatic rings. The number of benzene rings is 4. The molecule has 7 nitrogen and oxygen atoms in total. The molecule has 1 aromatic heterocycles. The van der Waals surface area contributed by atoms with Crippen LogP contribution in [0.5, 0.6) is 5.75 Å². The van der Waals surface area contributed by atoms with Gasteiger partial charge in [0.25, 0.3) is 11.5 Å². The number of halogens is 2. The first kappa shape index (κ1) is 31.5. The van der Waals surface area contributed by atoms with E-state index in [2.05, 4.69) is 21.2 Å². The van der Waals surface area contributed by atoms with Crippen LogP contribution in [0.25, 0.3) is 0 Å². The number of hydrogen-bond donors (Lipinski definition) is 1. The molecular formula is C36H31BrFN3O4. The van der Waals surface area contributed by atoms with Gasteiger partial charge in [-0.05, 0) is 52.9 Å². The number of nitrogens with zero attached hydrogens (tertiary/aromatic N) is 2. The Morgan fingerprint density at radius 3 is 2.13 bits per heavy atom. The maximum absolute atomic E-state index is 13.9. The molecule has 1 heterocycles. The fourth-order valence-electron chi connectivity index (χ4n) is 4.98.